The molecule has 0 radical (unpaired) electrons. The van der Waals surface area contributed by atoms with Crippen LogP contribution in [0.4, 0.5) is 5.69 Å². The van der Waals surface area contributed by atoms with Crippen molar-refractivity contribution in [3.8, 4) is 0 Å². The average molecular weight is 246 g/mol. The van der Waals surface area contributed by atoms with Crippen molar-refractivity contribution >= 4 is 5.69 Å². The molecule has 2 heteroatoms. The van der Waals surface area contributed by atoms with Gasteiger partial charge in [-0.05, 0) is 37.9 Å². The van der Waals surface area contributed by atoms with Crippen LogP contribution in [-0.4, -0.2) is 26.7 Å². The molecule has 1 atom stereocenters. The van der Waals surface area contributed by atoms with Gasteiger partial charge in [0.15, 0.2) is 0 Å². The summed E-state index contributed by atoms with van der Waals surface area (Å²) in [5.41, 5.74) is 1.80. The Bertz CT molecular complexity index is 336. The maximum absolute atomic E-state index is 3.59. The summed E-state index contributed by atoms with van der Waals surface area (Å²) in [6.45, 7) is 5.84. The van der Waals surface area contributed by atoms with Crippen molar-refractivity contribution in [3.05, 3.63) is 30.3 Å². The summed E-state index contributed by atoms with van der Waals surface area (Å²) in [7, 11) is 2.22. The average Bonchev–Trinajstić information content (AvgIpc) is 2.41. The lowest BCUT2D eigenvalue weighted by Crippen LogP contribution is -2.46. The number of benzene rings is 1. The molecule has 1 aromatic carbocycles. The third kappa shape index (κ3) is 3.26. The second kappa shape index (κ2) is 6.24. The highest BCUT2D eigenvalue weighted by atomic mass is 15.1. The fourth-order valence-electron chi connectivity index (χ4n) is 3.26. The molecule has 1 saturated heterocycles. The molecular weight excluding hydrogens is 220 g/mol. The molecule has 1 fully saturated rings. The lowest BCUT2D eigenvalue weighted by Gasteiger charge is -2.41. The molecule has 1 aliphatic heterocycles. The number of anilines is 1. The summed E-state index contributed by atoms with van der Waals surface area (Å²) in [4.78, 5) is 2.42. The van der Waals surface area contributed by atoms with E-state index < -0.39 is 0 Å². The van der Waals surface area contributed by atoms with Gasteiger partial charge in [0.25, 0.3) is 0 Å². The number of nitrogens with one attached hydrogen (secondary N) is 1. The Morgan fingerprint density at radius 1 is 1.28 bits per heavy atom. The van der Waals surface area contributed by atoms with Gasteiger partial charge in [0, 0.05) is 31.2 Å². The van der Waals surface area contributed by atoms with E-state index in [4.69, 9.17) is 0 Å². The van der Waals surface area contributed by atoms with Gasteiger partial charge in [0.2, 0.25) is 0 Å². The lowest BCUT2D eigenvalue weighted by atomic mass is 9.76. The topological polar surface area (TPSA) is 15.3 Å². The third-order valence-electron chi connectivity index (χ3n) is 4.11. The van der Waals surface area contributed by atoms with Gasteiger partial charge in [-0.3, -0.25) is 0 Å². The maximum Gasteiger partial charge on any atom is 0.0363 e. The van der Waals surface area contributed by atoms with Gasteiger partial charge in [0.05, 0.1) is 0 Å². The lowest BCUT2D eigenvalue weighted by molar-refractivity contribution is 0.197. The van der Waals surface area contributed by atoms with Crippen LogP contribution in [0.25, 0.3) is 0 Å². The van der Waals surface area contributed by atoms with Crippen LogP contribution in [0.5, 0.6) is 0 Å². The second-order valence-electron chi connectivity index (χ2n) is 5.72. The zero-order valence-corrected chi connectivity index (χ0v) is 11.8. The van der Waals surface area contributed by atoms with Crippen LogP contribution in [-0.2, 0) is 0 Å². The number of hydrogen-bond donors (Lipinski definition) is 1. The summed E-state index contributed by atoms with van der Waals surface area (Å²) in [6, 6.07) is 10.7. The number of piperidine rings is 1. The minimum absolute atomic E-state index is 0.470. The summed E-state index contributed by atoms with van der Waals surface area (Å²) >= 11 is 0. The first-order valence-corrected chi connectivity index (χ1v) is 7.23. The monoisotopic (exact) mass is 246 g/mol. The standard InChI is InChI=1S/C16H26N2/c1-3-10-16(11-7-12-17-13-16)14-18(2)15-8-5-4-6-9-15/h4-6,8-9,17H,3,7,10-14H2,1-2H3. The van der Waals surface area contributed by atoms with Crippen molar-refractivity contribution in [3.63, 3.8) is 0 Å². The predicted molar refractivity (Wildman–Crippen MR) is 79.2 cm³/mol. The SMILES string of the molecule is CCCC1(CN(C)c2ccccc2)CCCNC1. The first-order chi connectivity index (χ1) is 8.76. The van der Waals surface area contributed by atoms with Crippen LogP contribution in [0.3, 0.4) is 0 Å². The smallest absolute Gasteiger partial charge is 0.0363 e. The largest absolute Gasteiger partial charge is 0.374 e. The molecule has 1 aromatic rings. The molecule has 0 amide bonds. The molecule has 18 heavy (non-hydrogen) atoms. The van der Waals surface area contributed by atoms with Crippen LogP contribution in [0.2, 0.25) is 0 Å². The van der Waals surface area contributed by atoms with Gasteiger partial charge in [-0.15, -0.1) is 0 Å². The van der Waals surface area contributed by atoms with Crippen LogP contribution in [0.1, 0.15) is 32.6 Å². The fraction of sp³-hybridized carbons (Fsp3) is 0.625. The molecule has 1 heterocycles. The molecule has 0 aliphatic carbocycles. The van der Waals surface area contributed by atoms with Gasteiger partial charge < -0.3 is 10.2 Å². The van der Waals surface area contributed by atoms with E-state index in [0.29, 0.717) is 5.41 Å². The Balaban J connectivity index is 2.04. The Morgan fingerprint density at radius 2 is 2.06 bits per heavy atom. The van der Waals surface area contributed by atoms with E-state index in [1.807, 2.05) is 0 Å². The summed E-state index contributed by atoms with van der Waals surface area (Å²) in [5.74, 6) is 0. The first-order valence-electron chi connectivity index (χ1n) is 7.23. The van der Waals surface area contributed by atoms with Crippen LogP contribution in [0, 0.1) is 5.41 Å². The number of hydrogen-bond acceptors (Lipinski definition) is 2. The van der Waals surface area contributed by atoms with E-state index in [9.17, 15) is 0 Å². The Hall–Kier alpha value is -1.02. The molecule has 0 aromatic heterocycles. The van der Waals surface area contributed by atoms with Gasteiger partial charge in [-0.2, -0.15) is 0 Å². The van der Waals surface area contributed by atoms with Crippen molar-refractivity contribution in [2.75, 3.05) is 31.6 Å². The van der Waals surface area contributed by atoms with Gasteiger partial charge in [-0.25, -0.2) is 0 Å². The number of rotatable bonds is 5. The third-order valence-corrected chi connectivity index (χ3v) is 4.11. The van der Waals surface area contributed by atoms with E-state index in [2.05, 4.69) is 54.5 Å². The van der Waals surface area contributed by atoms with E-state index in [-0.39, 0.29) is 0 Å². The van der Waals surface area contributed by atoms with E-state index in [0.717, 1.165) is 6.54 Å². The van der Waals surface area contributed by atoms with Crippen molar-refractivity contribution in [1.29, 1.82) is 0 Å². The van der Waals surface area contributed by atoms with Crippen molar-refractivity contribution < 1.29 is 0 Å². The molecule has 1 N–H and O–H groups in total. The molecule has 0 bridgehead atoms. The van der Waals surface area contributed by atoms with E-state index in [1.54, 1.807) is 0 Å². The first kappa shape index (κ1) is 13.4. The molecule has 2 nitrogen and oxygen atoms in total. The van der Waals surface area contributed by atoms with Crippen molar-refractivity contribution in [1.82, 2.24) is 5.32 Å². The van der Waals surface area contributed by atoms with Crippen LogP contribution < -0.4 is 10.2 Å². The maximum atomic E-state index is 3.59. The summed E-state index contributed by atoms with van der Waals surface area (Å²) in [5, 5.41) is 3.59. The molecule has 1 unspecified atom stereocenters. The fourth-order valence-corrected chi connectivity index (χ4v) is 3.26. The minimum Gasteiger partial charge on any atom is -0.374 e. The highest BCUT2D eigenvalue weighted by molar-refractivity contribution is 5.45. The molecule has 2 rings (SSSR count). The van der Waals surface area contributed by atoms with E-state index >= 15 is 0 Å². The van der Waals surface area contributed by atoms with Crippen molar-refractivity contribution in [2.24, 2.45) is 5.41 Å². The Labute approximate surface area is 111 Å². The highest BCUT2D eigenvalue weighted by Gasteiger charge is 2.32. The highest BCUT2D eigenvalue weighted by Crippen LogP contribution is 2.33. The molecule has 0 spiro atoms. The predicted octanol–water partition coefficient (Wildman–Crippen LogP) is 3.29. The van der Waals surface area contributed by atoms with E-state index in [1.165, 1.54) is 44.5 Å². The van der Waals surface area contributed by atoms with Crippen LogP contribution >= 0.6 is 0 Å². The number of para-hydroxylation sites is 1. The number of nitrogens with zero attached hydrogens (tertiary/aromatic N) is 1. The zero-order chi connectivity index (χ0) is 12.8. The molecule has 100 valence electrons. The molecular formula is C16H26N2. The molecule has 1 aliphatic rings. The van der Waals surface area contributed by atoms with Gasteiger partial charge in [0.1, 0.15) is 0 Å². The molecule has 0 saturated carbocycles. The second-order valence-corrected chi connectivity index (χ2v) is 5.72. The van der Waals surface area contributed by atoms with Gasteiger partial charge >= 0.3 is 0 Å². The Morgan fingerprint density at radius 3 is 2.67 bits per heavy atom. The summed E-state index contributed by atoms with van der Waals surface area (Å²) < 4.78 is 0. The quantitative estimate of drug-likeness (QED) is 0.857. The minimum atomic E-state index is 0.470. The normalized spacial score (nSPS) is 23.9. The summed E-state index contributed by atoms with van der Waals surface area (Å²) in [6.07, 6.45) is 5.30. The Kier molecular flexibility index (Phi) is 4.65. The van der Waals surface area contributed by atoms with Crippen LogP contribution in [0.15, 0.2) is 30.3 Å². The zero-order valence-electron chi connectivity index (χ0n) is 11.8. The van der Waals surface area contributed by atoms with Gasteiger partial charge in [-0.1, -0.05) is 31.5 Å². The van der Waals surface area contributed by atoms with Crippen molar-refractivity contribution in [2.45, 2.75) is 32.6 Å².